The monoisotopic (exact) mass is 369 g/mol. The summed E-state index contributed by atoms with van der Waals surface area (Å²) in [4.78, 5) is 12.5. The second kappa shape index (κ2) is 6.61. The third-order valence-corrected chi connectivity index (χ3v) is 5.19. The predicted molar refractivity (Wildman–Crippen MR) is 101 cm³/mol. The van der Waals surface area contributed by atoms with E-state index in [4.69, 9.17) is 11.6 Å². The van der Waals surface area contributed by atoms with Gasteiger partial charge in [0.25, 0.3) is 0 Å². The molecule has 7 heteroatoms. The zero-order valence-corrected chi connectivity index (χ0v) is 15.4. The zero-order chi connectivity index (χ0) is 18.3. The van der Waals surface area contributed by atoms with Crippen molar-refractivity contribution in [1.82, 2.24) is 20.0 Å². The Morgan fingerprint density at radius 1 is 1.38 bits per heavy atom. The van der Waals surface area contributed by atoms with Gasteiger partial charge in [-0.3, -0.25) is 9.89 Å². The lowest BCUT2D eigenvalue weighted by Gasteiger charge is -2.08. The first-order valence-electron chi connectivity index (χ1n) is 8.68. The smallest absolute Gasteiger partial charge is 0.232 e. The summed E-state index contributed by atoms with van der Waals surface area (Å²) >= 11 is 6.08. The van der Waals surface area contributed by atoms with Gasteiger partial charge in [0.05, 0.1) is 17.8 Å². The first kappa shape index (κ1) is 16.8. The van der Waals surface area contributed by atoms with E-state index in [0.717, 1.165) is 27.5 Å². The fourth-order valence-corrected chi connectivity index (χ4v) is 2.98. The highest BCUT2D eigenvalue weighted by atomic mass is 35.5. The van der Waals surface area contributed by atoms with Crippen LogP contribution in [0.3, 0.4) is 0 Å². The van der Waals surface area contributed by atoms with Crippen molar-refractivity contribution in [2.45, 2.75) is 38.5 Å². The number of halogens is 1. The van der Waals surface area contributed by atoms with Crippen LogP contribution in [0.1, 0.15) is 48.4 Å². The molecule has 1 saturated carbocycles. The van der Waals surface area contributed by atoms with Crippen molar-refractivity contribution in [2.75, 3.05) is 5.32 Å². The minimum Gasteiger partial charge on any atom is -0.309 e. The van der Waals surface area contributed by atoms with Crippen LogP contribution in [0.4, 0.5) is 5.82 Å². The normalized spacial score (nSPS) is 15.0. The van der Waals surface area contributed by atoms with E-state index in [1.54, 1.807) is 10.9 Å². The number of aryl methyl sites for hydroxylation is 1. The molecular weight excluding hydrogens is 350 g/mol. The molecule has 2 heterocycles. The average Bonchev–Trinajstić information content (AvgIpc) is 3.17. The van der Waals surface area contributed by atoms with Gasteiger partial charge in [-0.05, 0) is 50.5 Å². The molecule has 6 nitrogen and oxygen atoms in total. The Kier molecular flexibility index (Phi) is 4.28. The molecular formula is C19H20ClN5O. The number of nitrogens with one attached hydrogen (secondary N) is 2. The molecule has 0 saturated heterocycles. The van der Waals surface area contributed by atoms with Gasteiger partial charge in [-0.15, -0.1) is 0 Å². The van der Waals surface area contributed by atoms with Gasteiger partial charge in [0.2, 0.25) is 5.91 Å². The van der Waals surface area contributed by atoms with Crippen LogP contribution in [0.15, 0.2) is 36.7 Å². The number of H-pyrrole nitrogens is 1. The van der Waals surface area contributed by atoms with Crippen molar-refractivity contribution in [3.63, 3.8) is 0 Å². The minimum atomic E-state index is -0.335. The number of hydrogen-bond donors (Lipinski definition) is 2. The molecule has 1 fully saturated rings. The number of hydrogen-bond acceptors (Lipinski definition) is 3. The Morgan fingerprint density at radius 3 is 2.92 bits per heavy atom. The second-order valence-corrected chi connectivity index (χ2v) is 7.25. The molecule has 3 aromatic rings. The maximum atomic E-state index is 12.5. The zero-order valence-electron chi connectivity index (χ0n) is 14.7. The lowest BCUT2D eigenvalue weighted by atomic mass is 10.0. The van der Waals surface area contributed by atoms with Crippen LogP contribution in [0.5, 0.6) is 0 Å². The van der Waals surface area contributed by atoms with Crippen LogP contribution in [0.2, 0.25) is 5.02 Å². The van der Waals surface area contributed by atoms with Crippen LogP contribution < -0.4 is 5.32 Å². The number of nitrogens with zero attached hydrogens (tertiary/aromatic N) is 3. The highest BCUT2D eigenvalue weighted by Crippen LogP contribution is 2.39. The van der Waals surface area contributed by atoms with Crippen LogP contribution in [-0.2, 0) is 4.79 Å². The van der Waals surface area contributed by atoms with Gasteiger partial charge in [-0.25, -0.2) is 4.68 Å². The first-order chi connectivity index (χ1) is 12.5. The van der Waals surface area contributed by atoms with Crippen LogP contribution in [-0.4, -0.2) is 25.9 Å². The van der Waals surface area contributed by atoms with Gasteiger partial charge in [-0.2, -0.15) is 10.2 Å². The van der Waals surface area contributed by atoms with Crippen LogP contribution in [0.25, 0.3) is 5.69 Å². The summed E-state index contributed by atoms with van der Waals surface area (Å²) in [5, 5.41) is 15.1. The standard InChI is InChI=1S/C19H20ClN5O/c1-11-7-15(5-6-16(11)20)25-10-14(9-21-25)12(2)19(26)22-18-8-17(23-24-18)13-3-4-13/h5-10,12-13H,3-4H2,1-2H3,(H2,22,23,24,26)/t12-/m1/s1. The molecule has 1 aliphatic carbocycles. The number of aromatic amines is 1. The van der Waals surface area contributed by atoms with Crippen LogP contribution >= 0.6 is 11.6 Å². The number of amides is 1. The molecule has 1 atom stereocenters. The Labute approximate surface area is 156 Å². The van der Waals surface area contributed by atoms with Gasteiger partial charge < -0.3 is 5.32 Å². The fraction of sp³-hybridized carbons (Fsp3) is 0.316. The quantitative estimate of drug-likeness (QED) is 0.708. The molecule has 0 aliphatic heterocycles. The second-order valence-electron chi connectivity index (χ2n) is 6.85. The predicted octanol–water partition coefficient (Wildman–Crippen LogP) is 4.18. The highest BCUT2D eigenvalue weighted by Gasteiger charge is 2.26. The maximum absolute atomic E-state index is 12.5. The summed E-state index contributed by atoms with van der Waals surface area (Å²) < 4.78 is 1.75. The SMILES string of the molecule is Cc1cc(-n2cc([C@@H](C)C(=O)Nc3cc(C4CC4)[nH]n3)cn2)ccc1Cl. The number of carbonyl (C=O) groups excluding carboxylic acids is 1. The number of rotatable bonds is 5. The van der Waals surface area contributed by atoms with Crippen LogP contribution in [0, 0.1) is 6.92 Å². The number of carbonyl (C=O) groups is 1. The summed E-state index contributed by atoms with van der Waals surface area (Å²) in [5.74, 6) is 0.708. The van der Waals surface area contributed by atoms with E-state index in [1.807, 2.05) is 44.3 Å². The Morgan fingerprint density at radius 2 is 2.19 bits per heavy atom. The van der Waals surface area contributed by atoms with E-state index in [-0.39, 0.29) is 11.8 Å². The number of anilines is 1. The molecule has 0 bridgehead atoms. The third-order valence-electron chi connectivity index (χ3n) is 4.77. The van der Waals surface area contributed by atoms with E-state index in [0.29, 0.717) is 11.7 Å². The van der Waals surface area contributed by atoms with Crippen molar-refractivity contribution in [3.05, 3.63) is 58.5 Å². The molecule has 0 spiro atoms. The average molecular weight is 370 g/mol. The summed E-state index contributed by atoms with van der Waals surface area (Å²) in [6.07, 6.45) is 5.96. The van der Waals surface area contributed by atoms with Gasteiger partial charge >= 0.3 is 0 Å². The number of benzene rings is 1. The topological polar surface area (TPSA) is 75.6 Å². The molecule has 2 aromatic heterocycles. The molecule has 0 unspecified atom stereocenters. The van der Waals surface area contributed by atoms with E-state index in [1.165, 1.54) is 12.8 Å². The largest absolute Gasteiger partial charge is 0.309 e. The first-order valence-corrected chi connectivity index (χ1v) is 9.06. The Balaban J connectivity index is 1.46. The molecule has 1 aliphatic rings. The van der Waals surface area contributed by atoms with Crippen molar-refractivity contribution in [1.29, 1.82) is 0 Å². The molecule has 1 aromatic carbocycles. The number of aromatic nitrogens is 4. The summed E-state index contributed by atoms with van der Waals surface area (Å²) in [7, 11) is 0. The van der Waals surface area contributed by atoms with E-state index in [9.17, 15) is 4.79 Å². The molecule has 2 N–H and O–H groups in total. The fourth-order valence-electron chi connectivity index (χ4n) is 2.86. The van der Waals surface area contributed by atoms with Gasteiger partial charge in [-0.1, -0.05) is 11.6 Å². The highest BCUT2D eigenvalue weighted by molar-refractivity contribution is 6.31. The Hall–Kier alpha value is -2.60. The van der Waals surface area contributed by atoms with Crippen molar-refractivity contribution in [3.8, 4) is 5.69 Å². The van der Waals surface area contributed by atoms with Gasteiger partial charge in [0.1, 0.15) is 0 Å². The minimum absolute atomic E-state index is 0.106. The molecule has 26 heavy (non-hydrogen) atoms. The summed E-state index contributed by atoms with van der Waals surface area (Å²) in [6.45, 7) is 3.81. The molecule has 0 radical (unpaired) electrons. The van der Waals surface area contributed by atoms with E-state index in [2.05, 4.69) is 20.6 Å². The third kappa shape index (κ3) is 3.37. The summed E-state index contributed by atoms with van der Waals surface area (Å²) in [6, 6.07) is 7.63. The Bertz CT molecular complexity index is 957. The molecule has 1 amide bonds. The van der Waals surface area contributed by atoms with Crippen molar-refractivity contribution < 1.29 is 4.79 Å². The van der Waals surface area contributed by atoms with E-state index >= 15 is 0 Å². The van der Waals surface area contributed by atoms with Gasteiger partial charge in [0, 0.05) is 34.5 Å². The van der Waals surface area contributed by atoms with Crippen molar-refractivity contribution in [2.24, 2.45) is 0 Å². The lowest BCUT2D eigenvalue weighted by Crippen LogP contribution is -2.18. The lowest BCUT2D eigenvalue weighted by molar-refractivity contribution is -0.117. The maximum Gasteiger partial charge on any atom is 0.232 e. The van der Waals surface area contributed by atoms with Gasteiger partial charge in [0.15, 0.2) is 5.82 Å². The molecule has 134 valence electrons. The van der Waals surface area contributed by atoms with E-state index < -0.39 is 0 Å². The summed E-state index contributed by atoms with van der Waals surface area (Å²) in [5.41, 5.74) is 3.83. The van der Waals surface area contributed by atoms with Crippen molar-refractivity contribution >= 4 is 23.3 Å². The molecule has 4 rings (SSSR count).